The molecule has 0 unspecified atom stereocenters. The van der Waals surface area contributed by atoms with Crippen LogP contribution in [0, 0.1) is 17.5 Å². The standard InChI is InChI=1S/C31H31ClF3N5O5S2/c1-31(2,19-4-9-24(32)27(14-19)44-3)28-17-36-30(40(28)21-7-5-20(33)6-8-21)46-18-23-25(34)15-22(16-26(23)35)47(42,43)38-29(41)37-39-10-12-45-13-11-39/h4-9,14-17H,10-13,18H2,1-3H3,(H2,37,38,41). The van der Waals surface area contributed by atoms with Crippen molar-refractivity contribution in [2.24, 2.45) is 0 Å². The van der Waals surface area contributed by atoms with Crippen molar-refractivity contribution in [3.05, 3.63) is 100 Å². The first-order chi connectivity index (χ1) is 22.3. The maximum absolute atomic E-state index is 15.3. The van der Waals surface area contributed by atoms with E-state index in [1.807, 2.05) is 19.9 Å². The molecule has 1 saturated heterocycles. The zero-order chi connectivity index (χ0) is 33.9. The van der Waals surface area contributed by atoms with Gasteiger partial charge in [-0.25, -0.2) is 41.1 Å². The third kappa shape index (κ3) is 7.70. The summed E-state index contributed by atoms with van der Waals surface area (Å²) in [6, 6.07) is 11.3. The molecule has 4 aromatic rings. The van der Waals surface area contributed by atoms with Gasteiger partial charge in [0.05, 0.1) is 42.1 Å². The van der Waals surface area contributed by atoms with Gasteiger partial charge in [-0.05, 0) is 54.1 Å². The van der Waals surface area contributed by atoms with Gasteiger partial charge >= 0.3 is 6.03 Å². The first-order valence-corrected chi connectivity index (χ1v) is 17.1. The molecule has 0 radical (unpaired) electrons. The number of methoxy groups -OCH3 is 1. The summed E-state index contributed by atoms with van der Waals surface area (Å²) in [5, 5.41) is 2.24. The van der Waals surface area contributed by atoms with Crippen LogP contribution in [-0.2, 0) is 25.9 Å². The minimum absolute atomic E-state index is 0.268. The number of amides is 2. The van der Waals surface area contributed by atoms with Crippen molar-refractivity contribution in [2.45, 2.75) is 35.1 Å². The summed E-state index contributed by atoms with van der Waals surface area (Å²) in [5.41, 5.74) is 3.33. The Bertz CT molecular complexity index is 1860. The van der Waals surface area contributed by atoms with E-state index < -0.39 is 49.4 Å². The summed E-state index contributed by atoms with van der Waals surface area (Å²) in [5.74, 6) is -2.49. The number of benzene rings is 3. The minimum atomic E-state index is -4.60. The van der Waals surface area contributed by atoms with Gasteiger partial charge in [-0.1, -0.05) is 43.3 Å². The molecular weight excluding hydrogens is 679 g/mol. The maximum atomic E-state index is 15.3. The lowest BCUT2D eigenvalue weighted by Gasteiger charge is -2.28. The first kappa shape index (κ1) is 34.6. The molecule has 1 aliphatic heterocycles. The Morgan fingerprint density at radius 1 is 1.06 bits per heavy atom. The normalized spacial score (nSPS) is 14.2. The van der Waals surface area contributed by atoms with Gasteiger partial charge in [0.2, 0.25) is 0 Å². The summed E-state index contributed by atoms with van der Waals surface area (Å²) >= 11 is 7.25. The summed E-state index contributed by atoms with van der Waals surface area (Å²) in [7, 11) is -3.09. The summed E-state index contributed by atoms with van der Waals surface area (Å²) < 4.78 is 84.1. The topological polar surface area (TPSA) is 115 Å². The Morgan fingerprint density at radius 2 is 1.72 bits per heavy atom. The van der Waals surface area contributed by atoms with Crippen molar-refractivity contribution in [2.75, 3.05) is 33.4 Å². The fraction of sp³-hybridized carbons (Fsp3) is 0.290. The van der Waals surface area contributed by atoms with E-state index in [2.05, 4.69) is 10.4 Å². The average molecular weight is 710 g/mol. The highest BCUT2D eigenvalue weighted by atomic mass is 35.5. The average Bonchev–Trinajstić information content (AvgIpc) is 3.46. The number of hydrazine groups is 1. The zero-order valence-electron chi connectivity index (χ0n) is 25.5. The fourth-order valence-corrected chi connectivity index (χ4v) is 7.07. The summed E-state index contributed by atoms with van der Waals surface area (Å²) in [6.45, 7) is 5.30. The number of halogens is 4. The third-order valence-corrected chi connectivity index (χ3v) is 10.2. The van der Waals surface area contributed by atoms with Gasteiger partial charge in [-0.3, -0.25) is 9.99 Å². The summed E-state index contributed by atoms with van der Waals surface area (Å²) in [6.07, 6.45) is 1.63. The maximum Gasteiger partial charge on any atom is 0.343 e. The molecule has 250 valence electrons. The van der Waals surface area contributed by atoms with Crippen LogP contribution >= 0.6 is 23.4 Å². The molecule has 0 aliphatic carbocycles. The molecule has 1 fully saturated rings. The van der Waals surface area contributed by atoms with Crippen LogP contribution in [0.1, 0.15) is 30.7 Å². The molecule has 5 rings (SSSR count). The molecule has 1 aliphatic rings. The second-order valence-corrected chi connectivity index (χ2v) is 14.0. The Hall–Kier alpha value is -3.76. The van der Waals surface area contributed by atoms with Gasteiger partial charge < -0.3 is 9.47 Å². The Morgan fingerprint density at radius 3 is 2.36 bits per heavy atom. The molecule has 2 N–H and O–H groups in total. The molecule has 16 heteroatoms. The highest BCUT2D eigenvalue weighted by Gasteiger charge is 2.31. The second-order valence-electron chi connectivity index (χ2n) is 11.0. The van der Waals surface area contributed by atoms with Crippen LogP contribution in [0.5, 0.6) is 5.75 Å². The number of thioether (sulfide) groups is 1. The van der Waals surface area contributed by atoms with Crippen molar-refractivity contribution in [1.82, 2.24) is 24.7 Å². The monoisotopic (exact) mass is 709 g/mol. The predicted octanol–water partition coefficient (Wildman–Crippen LogP) is 5.80. The molecule has 0 atom stereocenters. The summed E-state index contributed by atoms with van der Waals surface area (Å²) in [4.78, 5) is 16.0. The number of hydrogen-bond donors (Lipinski definition) is 2. The Labute approximate surface area is 279 Å². The van der Waals surface area contributed by atoms with Crippen LogP contribution in [0.4, 0.5) is 18.0 Å². The molecule has 2 amide bonds. The van der Waals surface area contributed by atoms with Gasteiger partial charge in [0, 0.05) is 35.5 Å². The van der Waals surface area contributed by atoms with Crippen molar-refractivity contribution in [1.29, 1.82) is 0 Å². The van der Waals surface area contributed by atoms with E-state index in [0.717, 1.165) is 17.3 Å². The van der Waals surface area contributed by atoms with Crippen molar-refractivity contribution >= 4 is 39.4 Å². The van der Waals surface area contributed by atoms with Crippen molar-refractivity contribution < 1.29 is 35.9 Å². The number of carbonyl (C=O) groups is 1. The quantitative estimate of drug-likeness (QED) is 0.199. The number of aromatic nitrogens is 2. The molecule has 0 bridgehead atoms. The van der Waals surface area contributed by atoms with E-state index in [9.17, 15) is 17.6 Å². The van der Waals surface area contributed by atoms with Crippen LogP contribution in [0.2, 0.25) is 5.02 Å². The zero-order valence-corrected chi connectivity index (χ0v) is 27.9. The van der Waals surface area contributed by atoms with Gasteiger partial charge in [0.15, 0.2) is 5.16 Å². The number of rotatable bonds is 10. The van der Waals surface area contributed by atoms with Gasteiger partial charge in [-0.2, -0.15) is 0 Å². The van der Waals surface area contributed by atoms with Gasteiger partial charge in [-0.15, -0.1) is 0 Å². The van der Waals surface area contributed by atoms with Crippen LogP contribution < -0.4 is 14.9 Å². The van der Waals surface area contributed by atoms with E-state index >= 15 is 8.78 Å². The van der Waals surface area contributed by atoms with E-state index in [0.29, 0.717) is 65.7 Å². The van der Waals surface area contributed by atoms with Crippen LogP contribution in [0.3, 0.4) is 0 Å². The van der Waals surface area contributed by atoms with Crippen LogP contribution in [-0.4, -0.2) is 62.4 Å². The van der Waals surface area contributed by atoms with Gasteiger partial charge in [0.25, 0.3) is 10.0 Å². The highest BCUT2D eigenvalue weighted by molar-refractivity contribution is 7.98. The van der Waals surface area contributed by atoms with E-state index in [-0.39, 0.29) is 5.75 Å². The lowest BCUT2D eigenvalue weighted by atomic mass is 9.81. The molecule has 3 aromatic carbocycles. The van der Waals surface area contributed by atoms with Crippen molar-refractivity contribution in [3.8, 4) is 11.4 Å². The predicted molar refractivity (Wildman–Crippen MR) is 171 cm³/mol. The molecule has 47 heavy (non-hydrogen) atoms. The van der Waals surface area contributed by atoms with E-state index in [1.54, 1.807) is 39.8 Å². The molecule has 1 aromatic heterocycles. The number of sulfonamides is 1. The molecule has 0 spiro atoms. The third-order valence-electron chi connectivity index (χ3n) is 7.60. The Kier molecular flexibility index (Phi) is 10.4. The second kappa shape index (κ2) is 14.2. The highest BCUT2D eigenvalue weighted by Crippen LogP contribution is 2.39. The molecular formula is C31H31ClF3N5O5S2. The number of nitrogens with one attached hydrogen (secondary N) is 2. The smallest absolute Gasteiger partial charge is 0.343 e. The molecule has 10 nitrogen and oxygen atoms in total. The van der Waals surface area contributed by atoms with Crippen LogP contribution in [0.15, 0.2) is 70.8 Å². The number of ether oxygens (including phenoxy) is 2. The largest absolute Gasteiger partial charge is 0.495 e. The number of imidazole rings is 1. The number of hydrogen-bond acceptors (Lipinski definition) is 8. The number of morpholine rings is 1. The molecule has 2 heterocycles. The first-order valence-electron chi connectivity index (χ1n) is 14.2. The van der Waals surface area contributed by atoms with Gasteiger partial charge in [0.1, 0.15) is 23.2 Å². The number of nitrogens with zero attached hydrogens (tertiary/aromatic N) is 3. The lowest BCUT2D eigenvalue weighted by Crippen LogP contribution is -2.52. The molecule has 0 saturated carbocycles. The van der Waals surface area contributed by atoms with Crippen molar-refractivity contribution in [3.63, 3.8) is 0 Å². The number of urea groups is 1. The van der Waals surface area contributed by atoms with Crippen LogP contribution in [0.25, 0.3) is 5.69 Å². The fourth-order valence-electron chi connectivity index (χ4n) is 4.95. The van der Waals surface area contributed by atoms with E-state index in [1.165, 1.54) is 24.3 Å². The lowest BCUT2D eigenvalue weighted by molar-refractivity contribution is 0.0200. The Balaban J connectivity index is 1.41. The SMILES string of the molecule is COc1cc(C(C)(C)c2cnc(SCc3c(F)cc(S(=O)(=O)NC(=O)NN4CCOCC4)cc3F)n2-c2ccc(F)cc2)ccc1Cl. The van der Waals surface area contributed by atoms with E-state index in [4.69, 9.17) is 21.1 Å². The minimum Gasteiger partial charge on any atom is -0.495 e. The number of carbonyl (C=O) groups excluding carboxylic acids is 1.